The van der Waals surface area contributed by atoms with Gasteiger partial charge in [0.15, 0.2) is 5.92 Å². The lowest BCUT2D eigenvalue weighted by Crippen LogP contribution is -2.49. The number of alkyl halides is 3. The number of rotatable bonds is 4. The van der Waals surface area contributed by atoms with E-state index in [-0.39, 0.29) is 6.61 Å². The molecule has 3 nitrogen and oxygen atoms in total. The fraction of sp³-hybridized carbons (Fsp3) is 0.900. The van der Waals surface area contributed by atoms with Gasteiger partial charge in [0.1, 0.15) is 0 Å². The highest BCUT2D eigenvalue weighted by molar-refractivity contribution is 4.96. The van der Waals surface area contributed by atoms with Crippen LogP contribution < -0.4 is 5.32 Å². The van der Waals surface area contributed by atoms with Crippen LogP contribution in [0.15, 0.2) is 0 Å². The number of nitrogens with one attached hydrogen (secondary N) is 1. The van der Waals surface area contributed by atoms with Crippen molar-refractivity contribution < 1.29 is 18.3 Å². The molecule has 0 heterocycles. The Balaban J connectivity index is 2.52. The molecule has 0 bridgehead atoms. The topological polar surface area (TPSA) is 56.0 Å². The van der Waals surface area contributed by atoms with Gasteiger partial charge in [-0.3, -0.25) is 0 Å². The van der Waals surface area contributed by atoms with Crippen molar-refractivity contribution in [3.63, 3.8) is 0 Å². The lowest BCUT2D eigenvalue weighted by molar-refractivity contribution is -0.158. The normalized spacial score (nSPS) is 21.7. The van der Waals surface area contributed by atoms with Gasteiger partial charge >= 0.3 is 6.18 Å². The minimum Gasteiger partial charge on any atom is -0.394 e. The minimum absolute atomic E-state index is 0.178. The average molecular weight is 236 g/mol. The van der Waals surface area contributed by atoms with Crippen LogP contribution in [0.2, 0.25) is 0 Å². The van der Waals surface area contributed by atoms with Gasteiger partial charge in [0.2, 0.25) is 0 Å². The Bertz CT molecular complexity index is 266. The molecule has 0 aromatic carbocycles. The SMILES string of the molecule is N#CC(CNC1(CO)CCCC1)C(F)(F)F. The Morgan fingerprint density at radius 2 is 1.94 bits per heavy atom. The molecule has 0 amide bonds. The second-order valence-corrected chi connectivity index (χ2v) is 4.25. The molecule has 0 radical (unpaired) electrons. The fourth-order valence-electron chi connectivity index (χ4n) is 2.00. The monoisotopic (exact) mass is 236 g/mol. The van der Waals surface area contributed by atoms with Crippen molar-refractivity contribution in [2.45, 2.75) is 37.4 Å². The Hall–Kier alpha value is -0.800. The number of nitriles is 1. The van der Waals surface area contributed by atoms with Crippen molar-refractivity contribution >= 4 is 0 Å². The van der Waals surface area contributed by atoms with E-state index < -0.39 is 24.2 Å². The van der Waals surface area contributed by atoms with Crippen molar-refractivity contribution in [2.24, 2.45) is 5.92 Å². The molecular weight excluding hydrogens is 221 g/mol. The summed E-state index contributed by atoms with van der Waals surface area (Å²) in [5, 5.41) is 20.3. The first-order valence-electron chi connectivity index (χ1n) is 5.26. The number of halogens is 3. The van der Waals surface area contributed by atoms with E-state index in [1.54, 1.807) is 0 Å². The molecule has 1 fully saturated rings. The van der Waals surface area contributed by atoms with Crippen LogP contribution in [0.4, 0.5) is 13.2 Å². The largest absolute Gasteiger partial charge is 0.405 e. The molecular formula is C10H15F3N2O. The van der Waals surface area contributed by atoms with Crippen LogP contribution in [0.3, 0.4) is 0 Å². The zero-order valence-electron chi connectivity index (χ0n) is 8.85. The molecule has 0 aromatic heterocycles. The van der Waals surface area contributed by atoms with Crippen LogP contribution in [-0.4, -0.2) is 30.0 Å². The van der Waals surface area contributed by atoms with Crippen LogP contribution in [0.25, 0.3) is 0 Å². The van der Waals surface area contributed by atoms with Crippen LogP contribution in [-0.2, 0) is 0 Å². The van der Waals surface area contributed by atoms with E-state index in [2.05, 4.69) is 5.32 Å². The number of hydrogen-bond donors (Lipinski definition) is 2. The smallest absolute Gasteiger partial charge is 0.394 e. The zero-order valence-corrected chi connectivity index (χ0v) is 8.85. The molecule has 1 unspecified atom stereocenters. The second-order valence-electron chi connectivity index (χ2n) is 4.25. The van der Waals surface area contributed by atoms with Gasteiger partial charge < -0.3 is 10.4 Å². The standard InChI is InChI=1S/C10H15F3N2O/c11-10(12,13)8(5-14)6-15-9(7-16)3-1-2-4-9/h8,15-16H,1-4,6-7H2. The van der Waals surface area contributed by atoms with Crippen LogP contribution >= 0.6 is 0 Å². The van der Waals surface area contributed by atoms with Crippen molar-refractivity contribution in [1.29, 1.82) is 5.26 Å². The first-order valence-corrected chi connectivity index (χ1v) is 5.26. The predicted molar refractivity (Wildman–Crippen MR) is 51.4 cm³/mol. The van der Waals surface area contributed by atoms with Crippen molar-refractivity contribution in [1.82, 2.24) is 5.32 Å². The molecule has 6 heteroatoms. The number of aliphatic hydroxyl groups is 1. The molecule has 16 heavy (non-hydrogen) atoms. The molecule has 1 atom stereocenters. The Kier molecular flexibility index (Phi) is 4.16. The zero-order chi connectivity index (χ0) is 12.2. The van der Waals surface area contributed by atoms with E-state index >= 15 is 0 Å². The van der Waals surface area contributed by atoms with Gasteiger partial charge in [-0.2, -0.15) is 18.4 Å². The summed E-state index contributed by atoms with van der Waals surface area (Å²) in [6.07, 6.45) is -1.37. The maximum absolute atomic E-state index is 12.3. The Morgan fingerprint density at radius 3 is 2.31 bits per heavy atom. The maximum atomic E-state index is 12.3. The Labute approximate surface area is 92.3 Å². The summed E-state index contributed by atoms with van der Waals surface area (Å²) >= 11 is 0. The van der Waals surface area contributed by atoms with Gasteiger partial charge in [-0.25, -0.2) is 0 Å². The highest BCUT2D eigenvalue weighted by Gasteiger charge is 2.42. The summed E-state index contributed by atoms with van der Waals surface area (Å²) in [7, 11) is 0. The summed E-state index contributed by atoms with van der Waals surface area (Å²) in [6.45, 7) is -0.621. The first kappa shape index (κ1) is 13.3. The molecule has 0 spiro atoms. The van der Waals surface area contributed by atoms with E-state index in [0.717, 1.165) is 12.8 Å². The second kappa shape index (κ2) is 5.02. The molecule has 2 N–H and O–H groups in total. The molecule has 1 aliphatic carbocycles. The molecule has 1 saturated carbocycles. The highest BCUT2D eigenvalue weighted by atomic mass is 19.4. The van der Waals surface area contributed by atoms with Gasteiger partial charge in [-0.1, -0.05) is 12.8 Å². The van der Waals surface area contributed by atoms with E-state index in [1.165, 1.54) is 6.07 Å². The first-order chi connectivity index (χ1) is 7.43. The summed E-state index contributed by atoms with van der Waals surface area (Å²) in [5.74, 6) is -2.00. The summed E-state index contributed by atoms with van der Waals surface area (Å²) in [5.41, 5.74) is -0.611. The number of hydrogen-bond acceptors (Lipinski definition) is 3. The van der Waals surface area contributed by atoms with Gasteiger partial charge in [-0.15, -0.1) is 0 Å². The van der Waals surface area contributed by atoms with Gasteiger partial charge in [0.05, 0.1) is 12.7 Å². The fourth-order valence-corrected chi connectivity index (χ4v) is 2.00. The molecule has 1 rings (SSSR count). The quantitative estimate of drug-likeness (QED) is 0.779. The van der Waals surface area contributed by atoms with E-state index in [1.807, 2.05) is 0 Å². The molecule has 1 aliphatic rings. The number of aliphatic hydroxyl groups excluding tert-OH is 1. The Morgan fingerprint density at radius 1 is 1.38 bits per heavy atom. The molecule has 0 aliphatic heterocycles. The highest BCUT2D eigenvalue weighted by Crippen LogP contribution is 2.31. The summed E-state index contributed by atoms with van der Waals surface area (Å²) in [6, 6.07) is 1.24. The van der Waals surface area contributed by atoms with Gasteiger partial charge in [0, 0.05) is 12.1 Å². The lowest BCUT2D eigenvalue weighted by Gasteiger charge is -2.29. The van der Waals surface area contributed by atoms with Crippen molar-refractivity contribution in [3.05, 3.63) is 0 Å². The van der Waals surface area contributed by atoms with Crippen molar-refractivity contribution in [2.75, 3.05) is 13.2 Å². The van der Waals surface area contributed by atoms with E-state index in [9.17, 15) is 18.3 Å². The predicted octanol–water partition coefficient (Wildman–Crippen LogP) is 1.58. The average Bonchev–Trinajstić information content (AvgIpc) is 2.66. The third-order valence-electron chi connectivity index (χ3n) is 3.10. The lowest BCUT2D eigenvalue weighted by atomic mass is 9.97. The van der Waals surface area contributed by atoms with Gasteiger partial charge in [0.25, 0.3) is 0 Å². The third-order valence-corrected chi connectivity index (χ3v) is 3.10. The van der Waals surface area contributed by atoms with E-state index in [4.69, 9.17) is 5.26 Å². The number of nitrogens with zero attached hydrogens (tertiary/aromatic N) is 1. The van der Waals surface area contributed by atoms with Crippen molar-refractivity contribution in [3.8, 4) is 6.07 Å². The molecule has 0 saturated heterocycles. The van der Waals surface area contributed by atoms with Gasteiger partial charge in [-0.05, 0) is 12.8 Å². The third kappa shape index (κ3) is 3.09. The maximum Gasteiger partial charge on any atom is 0.405 e. The van der Waals surface area contributed by atoms with Crippen LogP contribution in [0, 0.1) is 17.2 Å². The van der Waals surface area contributed by atoms with Crippen LogP contribution in [0.5, 0.6) is 0 Å². The van der Waals surface area contributed by atoms with E-state index in [0.29, 0.717) is 12.8 Å². The summed E-state index contributed by atoms with van der Waals surface area (Å²) in [4.78, 5) is 0. The molecule has 0 aromatic rings. The molecule has 92 valence electrons. The summed E-state index contributed by atoms with van der Waals surface area (Å²) < 4.78 is 36.9. The minimum atomic E-state index is -4.50. The van der Waals surface area contributed by atoms with Crippen LogP contribution in [0.1, 0.15) is 25.7 Å².